The van der Waals surface area contributed by atoms with Crippen LogP contribution >= 0.6 is 0 Å². The minimum absolute atomic E-state index is 0.141. The van der Waals surface area contributed by atoms with E-state index in [4.69, 9.17) is 0 Å². The fourth-order valence-electron chi connectivity index (χ4n) is 2.87. The van der Waals surface area contributed by atoms with Gasteiger partial charge in [0.15, 0.2) is 0 Å². The molecule has 0 unspecified atom stereocenters. The molecule has 2 amide bonds. The summed E-state index contributed by atoms with van der Waals surface area (Å²) in [6.45, 7) is 5.35. The molecular formula is C21H22N4O2. The van der Waals surface area contributed by atoms with Crippen molar-refractivity contribution in [3.05, 3.63) is 65.9 Å². The summed E-state index contributed by atoms with van der Waals surface area (Å²) in [5.41, 5.74) is 4.64. The average Bonchev–Trinajstić information content (AvgIpc) is 2.94. The molecule has 0 fully saturated rings. The Balaban J connectivity index is 1.78. The van der Waals surface area contributed by atoms with Crippen LogP contribution in [0, 0.1) is 0 Å². The zero-order chi connectivity index (χ0) is 19.4. The van der Waals surface area contributed by atoms with E-state index >= 15 is 0 Å². The fraction of sp³-hybridized carbons (Fsp3) is 0.190. The molecule has 6 heteroatoms. The van der Waals surface area contributed by atoms with Gasteiger partial charge in [-0.2, -0.15) is 10.1 Å². The van der Waals surface area contributed by atoms with Crippen LogP contribution in [0.5, 0.6) is 0 Å². The highest BCUT2D eigenvalue weighted by Crippen LogP contribution is 2.25. The molecule has 0 atom stereocenters. The molecule has 2 aromatic carbocycles. The first kappa shape index (κ1) is 18.4. The Morgan fingerprint density at radius 2 is 1.85 bits per heavy atom. The molecule has 0 radical (unpaired) electrons. The lowest BCUT2D eigenvalue weighted by Gasteiger charge is -2.13. The Morgan fingerprint density at radius 1 is 1.15 bits per heavy atom. The van der Waals surface area contributed by atoms with Crippen molar-refractivity contribution < 1.29 is 9.59 Å². The van der Waals surface area contributed by atoms with Gasteiger partial charge in [-0.3, -0.25) is 9.59 Å². The molecule has 1 aliphatic heterocycles. The number of nitrogens with zero attached hydrogens (tertiary/aromatic N) is 2. The topological polar surface area (TPSA) is 73.8 Å². The Hall–Kier alpha value is -3.41. The summed E-state index contributed by atoms with van der Waals surface area (Å²) in [5.74, 6) is -0.334. The number of carbonyl (C=O) groups is 2. The van der Waals surface area contributed by atoms with Gasteiger partial charge in [0, 0.05) is 24.5 Å². The molecule has 0 saturated heterocycles. The van der Waals surface area contributed by atoms with Crippen LogP contribution < -0.4 is 15.6 Å². The van der Waals surface area contributed by atoms with E-state index in [9.17, 15) is 9.59 Å². The summed E-state index contributed by atoms with van der Waals surface area (Å²) < 4.78 is 0. The molecule has 0 aliphatic carbocycles. The number of para-hydroxylation sites is 1. The van der Waals surface area contributed by atoms with Gasteiger partial charge in [-0.25, -0.2) is 0 Å². The highest BCUT2D eigenvalue weighted by atomic mass is 16.2. The van der Waals surface area contributed by atoms with E-state index in [2.05, 4.69) is 28.7 Å². The number of rotatable bonds is 5. The second-order valence-electron chi connectivity index (χ2n) is 6.24. The van der Waals surface area contributed by atoms with Gasteiger partial charge in [0.05, 0.1) is 17.0 Å². The first-order chi connectivity index (χ1) is 13.0. The number of carbonyl (C=O) groups excluding carboxylic acids is 2. The molecule has 27 heavy (non-hydrogen) atoms. The van der Waals surface area contributed by atoms with Gasteiger partial charge in [0.2, 0.25) is 5.91 Å². The maximum absolute atomic E-state index is 12.8. The van der Waals surface area contributed by atoms with E-state index in [1.165, 1.54) is 17.5 Å². The second-order valence-corrected chi connectivity index (χ2v) is 6.24. The minimum Gasteiger partial charge on any atom is -0.361 e. The minimum atomic E-state index is -0.193. The molecule has 1 aliphatic rings. The highest BCUT2D eigenvalue weighted by molar-refractivity contribution is 6.29. The Morgan fingerprint density at radius 3 is 2.52 bits per heavy atom. The normalized spacial score (nSPS) is 15.1. The summed E-state index contributed by atoms with van der Waals surface area (Å²) in [5, 5.41) is 11.7. The van der Waals surface area contributed by atoms with Crippen LogP contribution in [0.15, 0.2) is 65.4 Å². The van der Waals surface area contributed by atoms with E-state index in [-0.39, 0.29) is 11.8 Å². The van der Waals surface area contributed by atoms with Crippen LogP contribution in [0.3, 0.4) is 0 Å². The third kappa shape index (κ3) is 4.06. The van der Waals surface area contributed by atoms with Crippen molar-refractivity contribution in [3.8, 4) is 0 Å². The Kier molecular flexibility index (Phi) is 5.35. The molecule has 0 aromatic heterocycles. The molecule has 6 nitrogen and oxygen atoms in total. The molecule has 0 bridgehead atoms. The Bertz CT molecular complexity index is 929. The highest BCUT2D eigenvalue weighted by Gasteiger charge is 2.28. The second kappa shape index (κ2) is 7.86. The van der Waals surface area contributed by atoms with Crippen molar-refractivity contribution in [3.63, 3.8) is 0 Å². The van der Waals surface area contributed by atoms with Crippen molar-refractivity contribution in [2.75, 3.05) is 15.6 Å². The van der Waals surface area contributed by atoms with Crippen molar-refractivity contribution in [2.24, 2.45) is 5.10 Å². The van der Waals surface area contributed by atoms with E-state index < -0.39 is 0 Å². The lowest BCUT2D eigenvalue weighted by atomic mass is 10.1. The van der Waals surface area contributed by atoms with Crippen LogP contribution in [-0.4, -0.2) is 17.5 Å². The molecule has 0 spiro atoms. The lowest BCUT2D eigenvalue weighted by Crippen LogP contribution is -2.21. The van der Waals surface area contributed by atoms with Crippen molar-refractivity contribution in [1.82, 2.24) is 0 Å². The summed E-state index contributed by atoms with van der Waals surface area (Å²) >= 11 is 0. The smallest absolute Gasteiger partial charge is 0.282 e. The number of nitrogens with one attached hydrogen (secondary N) is 2. The maximum Gasteiger partial charge on any atom is 0.282 e. The van der Waals surface area contributed by atoms with Crippen molar-refractivity contribution >= 4 is 34.6 Å². The van der Waals surface area contributed by atoms with Crippen LogP contribution in [0.25, 0.3) is 0 Å². The third-order valence-corrected chi connectivity index (χ3v) is 4.27. The van der Waals surface area contributed by atoms with Crippen LogP contribution in [0.2, 0.25) is 0 Å². The molecule has 2 N–H and O–H groups in total. The number of aryl methyl sites for hydroxylation is 1. The molecule has 1 heterocycles. The zero-order valence-corrected chi connectivity index (χ0v) is 15.6. The molecule has 138 valence electrons. The number of hydrogen-bond donors (Lipinski definition) is 2. The summed E-state index contributed by atoms with van der Waals surface area (Å²) in [7, 11) is 0. The summed E-state index contributed by atoms with van der Waals surface area (Å²) in [6.07, 6.45) is 2.61. The number of amides is 2. The van der Waals surface area contributed by atoms with E-state index in [0.717, 1.165) is 12.1 Å². The van der Waals surface area contributed by atoms with Gasteiger partial charge >= 0.3 is 0 Å². The molecular weight excluding hydrogens is 340 g/mol. The first-order valence-electron chi connectivity index (χ1n) is 8.82. The molecule has 3 rings (SSSR count). The van der Waals surface area contributed by atoms with Gasteiger partial charge in [0.25, 0.3) is 5.91 Å². The lowest BCUT2D eigenvalue weighted by molar-refractivity contribution is -0.115. The van der Waals surface area contributed by atoms with Gasteiger partial charge in [0.1, 0.15) is 0 Å². The predicted molar refractivity (Wildman–Crippen MR) is 109 cm³/mol. The van der Waals surface area contributed by atoms with E-state index in [1.54, 1.807) is 30.5 Å². The van der Waals surface area contributed by atoms with E-state index in [0.29, 0.717) is 22.7 Å². The SMILES string of the molecule is CCc1ccccc1N/C=C1/C(=O)N(c2ccc(NC(C)=O)cc2)N=C1C. The maximum atomic E-state index is 12.8. The van der Waals surface area contributed by atoms with Crippen LogP contribution in [0.1, 0.15) is 26.3 Å². The van der Waals surface area contributed by atoms with Crippen molar-refractivity contribution in [1.29, 1.82) is 0 Å². The van der Waals surface area contributed by atoms with Crippen LogP contribution in [-0.2, 0) is 16.0 Å². The first-order valence-corrected chi connectivity index (χ1v) is 8.82. The number of benzene rings is 2. The van der Waals surface area contributed by atoms with Crippen LogP contribution in [0.4, 0.5) is 17.1 Å². The summed E-state index contributed by atoms with van der Waals surface area (Å²) in [4.78, 5) is 23.9. The van der Waals surface area contributed by atoms with Gasteiger partial charge in [-0.05, 0) is 49.2 Å². The largest absolute Gasteiger partial charge is 0.361 e. The molecule has 2 aromatic rings. The number of hydrazone groups is 1. The van der Waals surface area contributed by atoms with Gasteiger partial charge < -0.3 is 10.6 Å². The zero-order valence-electron chi connectivity index (χ0n) is 15.6. The van der Waals surface area contributed by atoms with Gasteiger partial charge in [-0.15, -0.1) is 0 Å². The van der Waals surface area contributed by atoms with Crippen molar-refractivity contribution in [2.45, 2.75) is 27.2 Å². The third-order valence-electron chi connectivity index (χ3n) is 4.27. The fourth-order valence-corrected chi connectivity index (χ4v) is 2.87. The summed E-state index contributed by atoms with van der Waals surface area (Å²) in [6, 6.07) is 15.0. The number of hydrogen-bond acceptors (Lipinski definition) is 4. The van der Waals surface area contributed by atoms with E-state index in [1.807, 2.05) is 25.1 Å². The Labute approximate surface area is 158 Å². The number of anilines is 3. The average molecular weight is 362 g/mol. The monoisotopic (exact) mass is 362 g/mol. The standard InChI is InChI=1S/C21H22N4O2/c1-4-16-7-5-6-8-20(16)22-13-19-14(2)24-25(21(19)27)18-11-9-17(10-12-18)23-15(3)26/h5-13,22H,4H2,1-3H3,(H,23,26)/b19-13+. The van der Waals surface area contributed by atoms with Gasteiger partial charge in [-0.1, -0.05) is 25.1 Å². The quantitative estimate of drug-likeness (QED) is 0.792. The predicted octanol–water partition coefficient (Wildman–Crippen LogP) is 3.93. The molecule has 0 saturated carbocycles.